The maximum atomic E-state index is 11.1. The predicted octanol–water partition coefficient (Wildman–Crippen LogP) is 1.000. The van der Waals surface area contributed by atoms with Gasteiger partial charge in [-0.2, -0.15) is 0 Å². The Morgan fingerprint density at radius 2 is 1.57 bits per heavy atom. The van der Waals surface area contributed by atoms with Gasteiger partial charge in [0, 0.05) is 33.7 Å². The van der Waals surface area contributed by atoms with Crippen LogP contribution in [0.15, 0.2) is 54.9 Å². The van der Waals surface area contributed by atoms with Crippen molar-refractivity contribution in [2.45, 2.75) is 13.5 Å². The third-order valence-electron chi connectivity index (χ3n) is 2.51. The molecule has 0 saturated heterocycles. The zero-order valence-electron chi connectivity index (χ0n) is 12.3. The number of hydrogen-bond donors (Lipinski definition) is 0. The number of carbonyl (C=O) groups is 1. The molecule has 0 aliphatic carbocycles. The third kappa shape index (κ3) is 7.93. The molecule has 0 bridgehead atoms. The molecule has 0 aliphatic rings. The standard InChI is InChI=1S/C14H14NO.H2O4S/c1-12(16)14-7-9-15(10-8-14)11-13-5-3-2-4-6-13;1-5(2,3)4/h2-10H,11H2,1H3;(H2,1,2,3,4)/q+1;/p-1. The summed E-state index contributed by atoms with van der Waals surface area (Å²) in [6, 6.07) is 13.9. The van der Waals surface area contributed by atoms with Gasteiger partial charge in [0.05, 0.1) is 0 Å². The van der Waals surface area contributed by atoms with Crippen LogP contribution in [0.3, 0.4) is 0 Å². The van der Waals surface area contributed by atoms with E-state index in [-0.39, 0.29) is 7.21 Å². The van der Waals surface area contributed by atoms with Crippen molar-refractivity contribution in [2.75, 3.05) is 0 Å². The van der Waals surface area contributed by atoms with E-state index in [1.165, 1.54) is 5.56 Å². The summed E-state index contributed by atoms with van der Waals surface area (Å²) >= 11 is 0. The van der Waals surface area contributed by atoms with E-state index < -0.39 is 10.4 Å². The molecule has 1 aromatic carbocycles. The average molecular weight is 309 g/mol. The van der Waals surface area contributed by atoms with Crippen LogP contribution in [-0.2, 0) is 16.9 Å². The van der Waals surface area contributed by atoms with Gasteiger partial charge in [-0.15, -0.1) is 0 Å². The van der Waals surface area contributed by atoms with Crippen LogP contribution in [-0.4, -0.2) is 23.3 Å². The minimum absolute atomic E-state index is 0. The minimum Gasteiger partial charge on any atom is -0.759 e. The van der Waals surface area contributed by atoms with E-state index >= 15 is 0 Å². The maximum Gasteiger partial charge on any atom is 1.00 e. The van der Waals surface area contributed by atoms with Crippen molar-refractivity contribution in [1.29, 1.82) is 0 Å². The van der Waals surface area contributed by atoms with Gasteiger partial charge in [-0.3, -0.25) is 13.2 Å². The summed E-state index contributed by atoms with van der Waals surface area (Å²) in [6.45, 7) is 2.41. The van der Waals surface area contributed by atoms with Crippen LogP contribution < -0.4 is 4.57 Å². The summed E-state index contributed by atoms with van der Waals surface area (Å²) in [5, 5.41) is 0. The average Bonchev–Trinajstić information content (AvgIpc) is 2.38. The lowest BCUT2D eigenvalue weighted by Gasteiger charge is -2.06. The van der Waals surface area contributed by atoms with Crippen LogP contribution in [0, 0.1) is 0 Å². The Hall–Kier alpha value is -2.09. The van der Waals surface area contributed by atoms with Gasteiger partial charge >= 0.3 is 1.43 Å². The molecule has 2 aromatic rings. The Morgan fingerprint density at radius 1 is 1.10 bits per heavy atom. The second-order valence-corrected chi connectivity index (χ2v) is 5.03. The van der Waals surface area contributed by atoms with E-state index in [2.05, 4.69) is 16.7 Å². The molecular weight excluding hydrogens is 294 g/mol. The van der Waals surface area contributed by atoms with E-state index in [9.17, 15) is 4.79 Å². The first kappa shape index (κ1) is 17.0. The largest absolute Gasteiger partial charge is 1.00 e. The highest BCUT2D eigenvalue weighted by atomic mass is 32.3. The number of rotatable bonds is 3. The Morgan fingerprint density at radius 3 is 2.00 bits per heavy atom. The van der Waals surface area contributed by atoms with Crippen LogP contribution in [0.25, 0.3) is 0 Å². The number of Topliss-reactive ketones (excluding diaryl/α,β-unsaturated/α-hetero) is 1. The van der Waals surface area contributed by atoms with E-state index in [0.717, 1.165) is 12.1 Å². The van der Waals surface area contributed by atoms with Crippen molar-refractivity contribution in [3.05, 3.63) is 66.0 Å². The lowest BCUT2D eigenvalue weighted by atomic mass is 10.2. The van der Waals surface area contributed by atoms with Crippen LogP contribution >= 0.6 is 0 Å². The van der Waals surface area contributed by atoms with Gasteiger partial charge < -0.3 is 9.11 Å². The minimum atomic E-state index is -5.17. The highest BCUT2D eigenvalue weighted by Gasteiger charge is 2.04. The van der Waals surface area contributed by atoms with E-state index in [1.54, 1.807) is 6.92 Å². The van der Waals surface area contributed by atoms with Gasteiger partial charge in [-0.25, -0.2) is 4.57 Å². The van der Waals surface area contributed by atoms with Crippen LogP contribution in [0.1, 0.15) is 24.3 Å². The Bertz CT molecular complexity index is 679. The molecule has 112 valence electrons. The molecular formula is C14H15NO5S. The molecule has 21 heavy (non-hydrogen) atoms. The molecule has 0 aliphatic heterocycles. The molecule has 2 rings (SSSR count). The van der Waals surface area contributed by atoms with Crippen molar-refractivity contribution in [3.63, 3.8) is 0 Å². The SMILES string of the molecule is CC(=O)c1cc[n+](Cc2ccccc2)cc1.O=S(=O)([O-])[O-].[H+]. The van der Waals surface area contributed by atoms with Crippen molar-refractivity contribution >= 4 is 16.2 Å². The van der Waals surface area contributed by atoms with E-state index in [4.69, 9.17) is 17.5 Å². The number of ketones is 1. The van der Waals surface area contributed by atoms with E-state index in [1.807, 2.05) is 42.7 Å². The summed E-state index contributed by atoms with van der Waals surface area (Å²) in [4.78, 5) is 11.1. The summed E-state index contributed by atoms with van der Waals surface area (Å²) in [6.07, 6.45) is 3.87. The molecule has 0 unspecified atom stereocenters. The van der Waals surface area contributed by atoms with Crippen LogP contribution in [0.2, 0.25) is 0 Å². The first-order chi connectivity index (χ1) is 9.75. The lowest BCUT2D eigenvalue weighted by Crippen LogP contribution is -2.33. The van der Waals surface area contributed by atoms with Gasteiger partial charge in [0.25, 0.3) is 0 Å². The number of aromatic nitrogens is 1. The third-order valence-corrected chi connectivity index (χ3v) is 2.51. The second-order valence-electron chi connectivity index (χ2n) is 4.21. The molecule has 0 fully saturated rings. The fourth-order valence-electron chi connectivity index (χ4n) is 1.59. The molecule has 0 radical (unpaired) electrons. The predicted molar refractivity (Wildman–Crippen MR) is 73.8 cm³/mol. The lowest BCUT2D eigenvalue weighted by molar-refractivity contribution is -0.688. The molecule has 0 spiro atoms. The molecule has 0 atom stereocenters. The van der Waals surface area contributed by atoms with Gasteiger partial charge in [-0.1, -0.05) is 30.3 Å². The van der Waals surface area contributed by atoms with Gasteiger partial charge in [0.1, 0.15) is 0 Å². The normalized spacial score (nSPS) is 10.4. The maximum absolute atomic E-state index is 11.1. The molecule has 7 heteroatoms. The molecule has 0 saturated carbocycles. The van der Waals surface area contributed by atoms with Gasteiger partial charge in [0.2, 0.25) is 0 Å². The molecule has 1 heterocycles. The molecule has 0 amide bonds. The second kappa shape index (κ2) is 7.63. The van der Waals surface area contributed by atoms with Crippen molar-refractivity contribution in [1.82, 2.24) is 0 Å². The summed E-state index contributed by atoms with van der Waals surface area (Å²) in [5.41, 5.74) is 2.01. The van der Waals surface area contributed by atoms with Crippen LogP contribution in [0.4, 0.5) is 0 Å². The Balaban J connectivity index is 0.000000644. The number of nitrogens with zero attached hydrogens (tertiary/aromatic N) is 1. The molecule has 1 aromatic heterocycles. The number of benzene rings is 1. The Labute approximate surface area is 124 Å². The van der Waals surface area contributed by atoms with Crippen molar-refractivity contribution in [3.8, 4) is 0 Å². The van der Waals surface area contributed by atoms with Crippen molar-refractivity contribution in [2.24, 2.45) is 0 Å². The van der Waals surface area contributed by atoms with E-state index in [0.29, 0.717) is 0 Å². The van der Waals surface area contributed by atoms with Gasteiger partial charge in [-0.05, 0) is 6.92 Å². The van der Waals surface area contributed by atoms with Crippen molar-refractivity contribution < 1.29 is 28.3 Å². The topological polar surface area (TPSA) is 101 Å². The summed E-state index contributed by atoms with van der Waals surface area (Å²) in [5.74, 6) is 0.104. The number of pyridine rings is 1. The van der Waals surface area contributed by atoms with Crippen LogP contribution in [0.5, 0.6) is 0 Å². The fourth-order valence-corrected chi connectivity index (χ4v) is 1.59. The molecule has 6 nitrogen and oxygen atoms in total. The number of carbonyl (C=O) groups excluding carboxylic acids is 1. The highest BCUT2D eigenvalue weighted by molar-refractivity contribution is 7.79. The fraction of sp³-hybridized carbons (Fsp3) is 0.143. The Kier molecular flexibility index (Phi) is 6.16. The first-order valence-corrected chi connectivity index (χ1v) is 7.30. The monoisotopic (exact) mass is 309 g/mol. The quantitative estimate of drug-likeness (QED) is 0.364. The summed E-state index contributed by atoms with van der Waals surface area (Å²) < 4.78 is 36.1. The van der Waals surface area contributed by atoms with Gasteiger partial charge in [0.15, 0.2) is 24.7 Å². The first-order valence-electron chi connectivity index (χ1n) is 5.96. The zero-order chi connectivity index (χ0) is 15.9. The number of hydrogen-bond acceptors (Lipinski definition) is 5. The highest BCUT2D eigenvalue weighted by Crippen LogP contribution is 1.99. The molecule has 0 N–H and O–H groups in total. The zero-order valence-corrected chi connectivity index (χ0v) is 12.1. The smallest absolute Gasteiger partial charge is 0.759 e. The summed E-state index contributed by atoms with van der Waals surface area (Å²) in [7, 11) is -5.17.